The van der Waals surface area contributed by atoms with E-state index in [1.807, 2.05) is 36.7 Å². The van der Waals surface area contributed by atoms with Crippen LogP contribution in [0.15, 0.2) is 70.4 Å². The molecular formula is C23H29N5S2. The molecule has 7 heteroatoms. The molecule has 3 rings (SSSR count). The van der Waals surface area contributed by atoms with E-state index in [1.54, 1.807) is 23.1 Å². The van der Waals surface area contributed by atoms with E-state index in [4.69, 9.17) is 5.73 Å². The fourth-order valence-electron chi connectivity index (χ4n) is 3.12. The van der Waals surface area contributed by atoms with Gasteiger partial charge < -0.3 is 16.4 Å². The number of benzene rings is 1. The summed E-state index contributed by atoms with van der Waals surface area (Å²) in [6.45, 7) is 14.6. The van der Waals surface area contributed by atoms with E-state index in [-0.39, 0.29) is 0 Å². The summed E-state index contributed by atoms with van der Waals surface area (Å²) in [7, 11) is 0. The fourth-order valence-corrected chi connectivity index (χ4v) is 4.96. The van der Waals surface area contributed by atoms with Gasteiger partial charge in [0.1, 0.15) is 0 Å². The first kappa shape index (κ1) is 22.2. The number of aliphatic imine (C=N–C) groups is 1. The molecule has 1 aliphatic heterocycles. The van der Waals surface area contributed by atoms with Crippen LogP contribution in [0.2, 0.25) is 0 Å². The summed E-state index contributed by atoms with van der Waals surface area (Å²) in [5, 5.41) is 7.13. The maximum absolute atomic E-state index is 5.62. The molecule has 30 heavy (non-hydrogen) atoms. The molecule has 0 amide bonds. The van der Waals surface area contributed by atoms with Gasteiger partial charge in [0.15, 0.2) is 5.13 Å². The van der Waals surface area contributed by atoms with E-state index in [1.165, 1.54) is 11.3 Å². The highest BCUT2D eigenvalue weighted by molar-refractivity contribution is 8.01. The van der Waals surface area contributed by atoms with Gasteiger partial charge in [0.05, 0.1) is 16.2 Å². The quantitative estimate of drug-likeness (QED) is 0.398. The Morgan fingerprint density at radius 1 is 1.27 bits per heavy atom. The average molecular weight is 440 g/mol. The van der Waals surface area contributed by atoms with Crippen LogP contribution in [0, 0.1) is 5.41 Å². The van der Waals surface area contributed by atoms with Crippen molar-refractivity contribution in [3.8, 4) is 0 Å². The highest BCUT2D eigenvalue weighted by Gasteiger charge is 2.18. The van der Waals surface area contributed by atoms with E-state index in [2.05, 4.69) is 54.5 Å². The minimum absolute atomic E-state index is 0.304. The van der Waals surface area contributed by atoms with Crippen LogP contribution in [0.1, 0.15) is 39.2 Å². The number of anilines is 2. The molecule has 5 nitrogen and oxygen atoms in total. The summed E-state index contributed by atoms with van der Waals surface area (Å²) < 4.78 is 1.16. The van der Waals surface area contributed by atoms with Crippen LogP contribution >= 0.6 is 23.1 Å². The van der Waals surface area contributed by atoms with Crippen LogP contribution in [0.3, 0.4) is 0 Å². The molecule has 0 saturated heterocycles. The molecule has 1 aliphatic rings. The highest BCUT2D eigenvalue weighted by atomic mass is 32.2. The Morgan fingerprint density at radius 2 is 2.07 bits per heavy atom. The van der Waals surface area contributed by atoms with Crippen molar-refractivity contribution in [2.75, 3.05) is 16.4 Å². The molecule has 0 unspecified atom stereocenters. The number of hydrogen-bond donors (Lipinski definition) is 3. The average Bonchev–Trinajstić information content (AvgIpc) is 3.27. The van der Waals surface area contributed by atoms with Gasteiger partial charge in [-0.2, -0.15) is 0 Å². The van der Waals surface area contributed by atoms with Crippen LogP contribution in [-0.2, 0) is 0 Å². The van der Waals surface area contributed by atoms with Gasteiger partial charge in [0, 0.05) is 35.5 Å². The lowest BCUT2D eigenvalue weighted by Crippen LogP contribution is -2.07. The first-order valence-corrected chi connectivity index (χ1v) is 11.6. The smallest absolute Gasteiger partial charge is 0.188 e. The lowest BCUT2D eigenvalue weighted by molar-refractivity contribution is 0.408. The maximum atomic E-state index is 5.62. The summed E-state index contributed by atoms with van der Waals surface area (Å²) in [5.41, 5.74) is 11.2. The standard InChI is InChI=1S/C23H29N5S2/c1-15(18-7-6-8-19(10-18)28-16(2)24)27-22-26-13-21(30-22)29-14-20-9-17(12-25-20)11-23(3,4)5/h6-8,10,12-13,28H,1-2,9,11,14,24H2,3-5H3,(H,26,27). The second-order valence-electron chi connectivity index (χ2n) is 8.50. The molecule has 0 aliphatic carbocycles. The molecule has 2 aromatic rings. The van der Waals surface area contributed by atoms with Crippen molar-refractivity contribution in [1.82, 2.24) is 4.98 Å². The van der Waals surface area contributed by atoms with Gasteiger partial charge in [-0.25, -0.2) is 4.98 Å². The van der Waals surface area contributed by atoms with Crippen LogP contribution in [0.25, 0.3) is 5.70 Å². The molecular weight excluding hydrogens is 410 g/mol. The molecule has 0 radical (unpaired) electrons. The Kier molecular flexibility index (Phi) is 7.05. The van der Waals surface area contributed by atoms with E-state index in [0.717, 1.165) is 44.9 Å². The number of nitrogens with one attached hydrogen (secondary N) is 2. The van der Waals surface area contributed by atoms with Crippen molar-refractivity contribution in [2.24, 2.45) is 16.1 Å². The third kappa shape index (κ3) is 6.78. The predicted octanol–water partition coefficient (Wildman–Crippen LogP) is 6.32. The zero-order valence-electron chi connectivity index (χ0n) is 17.8. The summed E-state index contributed by atoms with van der Waals surface area (Å²) in [6.07, 6.45) is 6.04. The normalized spacial score (nSPS) is 13.6. The fraction of sp³-hybridized carbons (Fsp3) is 0.304. The Labute approximate surface area is 187 Å². The van der Waals surface area contributed by atoms with Crippen LogP contribution in [-0.4, -0.2) is 16.4 Å². The van der Waals surface area contributed by atoms with Crippen molar-refractivity contribution in [3.63, 3.8) is 0 Å². The van der Waals surface area contributed by atoms with Gasteiger partial charge in [0.2, 0.25) is 0 Å². The Bertz CT molecular complexity index is 995. The number of allylic oxidation sites excluding steroid dienone is 1. The van der Waals surface area contributed by atoms with Gasteiger partial charge in [-0.05, 0) is 35.1 Å². The lowest BCUT2D eigenvalue weighted by atomic mass is 9.87. The number of nitrogens with zero attached hydrogens (tertiary/aromatic N) is 2. The summed E-state index contributed by atoms with van der Waals surface area (Å²) in [5.74, 6) is 1.29. The summed E-state index contributed by atoms with van der Waals surface area (Å²) >= 11 is 3.40. The van der Waals surface area contributed by atoms with Gasteiger partial charge in [-0.3, -0.25) is 4.99 Å². The minimum Gasteiger partial charge on any atom is -0.386 e. The van der Waals surface area contributed by atoms with Crippen molar-refractivity contribution in [3.05, 3.63) is 66.8 Å². The highest BCUT2D eigenvalue weighted by Crippen LogP contribution is 2.33. The topological polar surface area (TPSA) is 75.3 Å². The Balaban J connectivity index is 1.50. The van der Waals surface area contributed by atoms with E-state index >= 15 is 0 Å². The molecule has 0 fully saturated rings. The third-order valence-corrected chi connectivity index (χ3v) is 6.44. The minimum atomic E-state index is 0.304. The molecule has 0 saturated carbocycles. The number of thioether (sulfide) groups is 1. The van der Waals surface area contributed by atoms with Crippen molar-refractivity contribution in [1.29, 1.82) is 0 Å². The van der Waals surface area contributed by atoms with Gasteiger partial charge in [0.25, 0.3) is 0 Å². The van der Waals surface area contributed by atoms with E-state index in [0.29, 0.717) is 11.2 Å². The van der Waals surface area contributed by atoms with Gasteiger partial charge >= 0.3 is 0 Å². The van der Waals surface area contributed by atoms with Crippen LogP contribution in [0.5, 0.6) is 0 Å². The Morgan fingerprint density at radius 3 is 2.80 bits per heavy atom. The SMILES string of the molecule is C=C(N)Nc1cccc(C(=C)Nc2ncc(SCC3=NC=C(CC(C)(C)C)C3)s2)c1. The first-order valence-electron chi connectivity index (χ1n) is 9.78. The Hall–Kier alpha value is -2.51. The second kappa shape index (κ2) is 9.53. The second-order valence-corrected chi connectivity index (χ2v) is 10.8. The molecule has 158 valence electrons. The van der Waals surface area contributed by atoms with Crippen molar-refractivity contribution >= 4 is 45.3 Å². The lowest BCUT2D eigenvalue weighted by Gasteiger charge is -2.18. The predicted molar refractivity (Wildman–Crippen MR) is 133 cm³/mol. The molecule has 2 heterocycles. The number of thiazole rings is 1. The zero-order chi connectivity index (χ0) is 21.7. The molecule has 1 aromatic carbocycles. The zero-order valence-corrected chi connectivity index (χ0v) is 19.4. The monoisotopic (exact) mass is 439 g/mol. The summed E-state index contributed by atoms with van der Waals surface area (Å²) in [6, 6.07) is 7.84. The number of nitrogens with two attached hydrogens (primary N) is 1. The third-order valence-electron chi connectivity index (χ3n) is 4.26. The van der Waals surface area contributed by atoms with Crippen molar-refractivity contribution in [2.45, 2.75) is 37.8 Å². The molecule has 0 spiro atoms. The van der Waals surface area contributed by atoms with Crippen LogP contribution in [0.4, 0.5) is 10.8 Å². The molecule has 0 bridgehead atoms. The van der Waals surface area contributed by atoms with Crippen LogP contribution < -0.4 is 16.4 Å². The maximum Gasteiger partial charge on any atom is 0.188 e. The van der Waals surface area contributed by atoms with Crippen molar-refractivity contribution < 1.29 is 0 Å². The number of hydrogen-bond acceptors (Lipinski definition) is 7. The van der Waals surface area contributed by atoms with E-state index < -0.39 is 0 Å². The summed E-state index contributed by atoms with van der Waals surface area (Å²) in [4.78, 5) is 9.09. The largest absolute Gasteiger partial charge is 0.386 e. The van der Waals surface area contributed by atoms with E-state index in [9.17, 15) is 0 Å². The van der Waals surface area contributed by atoms with Gasteiger partial charge in [-0.15, -0.1) is 11.8 Å². The number of rotatable bonds is 9. The molecule has 1 aromatic heterocycles. The van der Waals surface area contributed by atoms with Gasteiger partial charge in [-0.1, -0.05) is 57.4 Å². The number of aromatic nitrogens is 1. The molecule has 4 N–H and O–H groups in total. The first-order chi connectivity index (χ1) is 14.2. The molecule has 0 atom stereocenters.